The summed E-state index contributed by atoms with van der Waals surface area (Å²) >= 11 is 0. The van der Waals surface area contributed by atoms with Gasteiger partial charge in [-0.15, -0.1) is 0 Å². The van der Waals surface area contributed by atoms with Crippen LogP contribution in [0.4, 0.5) is 0 Å². The first-order valence-electron chi connectivity index (χ1n) is 2.82. The molecule has 0 amide bonds. The largest absolute Gasteiger partial charge is 0.0917 e. The smallest absolute Gasteiger partial charge is 0.0351 e. The Labute approximate surface area is 46.2 Å². The van der Waals surface area contributed by atoms with Gasteiger partial charge in [-0.25, -0.2) is 0 Å². The summed E-state index contributed by atoms with van der Waals surface area (Å²) in [5, 5.41) is 0. The van der Waals surface area contributed by atoms with Crippen molar-refractivity contribution >= 4 is 0 Å². The third-order valence-corrected chi connectivity index (χ3v) is 0.856. The van der Waals surface area contributed by atoms with Crippen LogP contribution < -0.4 is 0 Å². The Morgan fingerprint density at radius 3 is 2.71 bits per heavy atom. The van der Waals surface area contributed by atoms with E-state index in [4.69, 9.17) is 0 Å². The van der Waals surface area contributed by atoms with Gasteiger partial charge in [0, 0.05) is 0 Å². The highest BCUT2D eigenvalue weighted by atomic mass is 13.8. The molecule has 0 spiro atoms. The fourth-order valence-electron chi connectivity index (χ4n) is 0.429. The number of rotatable bonds is 3. The van der Waals surface area contributed by atoms with Gasteiger partial charge in [0.2, 0.25) is 0 Å². The molecule has 0 bridgehead atoms. The lowest BCUT2D eigenvalue weighted by molar-refractivity contribution is 0.865. The molecule has 0 unspecified atom stereocenters. The highest BCUT2D eigenvalue weighted by Crippen LogP contribution is 1.92. The van der Waals surface area contributed by atoms with E-state index in [-0.39, 0.29) is 0 Å². The second-order valence-corrected chi connectivity index (χ2v) is 1.56. The minimum Gasteiger partial charge on any atom is -0.0917 e. The minimum absolute atomic E-state index is 1.06. The average molecular weight is 97.2 g/mol. The molecule has 7 heavy (non-hydrogen) atoms. The van der Waals surface area contributed by atoms with Gasteiger partial charge in [0.25, 0.3) is 0 Å². The van der Waals surface area contributed by atoms with E-state index in [1.807, 2.05) is 6.92 Å². The van der Waals surface area contributed by atoms with Crippen LogP contribution in [0.3, 0.4) is 0 Å². The molecule has 0 N–H and O–H groups in total. The topological polar surface area (TPSA) is 0 Å². The van der Waals surface area contributed by atoms with E-state index in [2.05, 4.69) is 19.1 Å². The molecule has 0 aromatic carbocycles. The minimum atomic E-state index is 1.06. The molecule has 0 aromatic heterocycles. The van der Waals surface area contributed by atoms with Crippen molar-refractivity contribution in [1.82, 2.24) is 0 Å². The molecule has 0 fully saturated rings. The molecular formula is C7H13. The second kappa shape index (κ2) is 5.74. The van der Waals surface area contributed by atoms with Gasteiger partial charge in [-0.05, 0) is 19.8 Å². The Morgan fingerprint density at radius 1 is 1.57 bits per heavy atom. The Hall–Kier alpha value is -0.260. The molecule has 0 aliphatic carbocycles. The molecule has 0 aliphatic rings. The van der Waals surface area contributed by atoms with E-state index < -0.39 is 0 Å². The summed E-state index contributed by atoms with van der Waals surface area (Å²) in [5.41, 5.74) is 0. The van der Waals surface area contributed by atoms with Crippen molar-refractivity contribution in [2.45, 2.75) is 26.2 Å². The molecule has 0 heterocycles. The predicted octanol–water partition coefficient (Wildman–Crippen LogP) is 2.57. The Morgan fingerprint density at radius 2 is 2.29 bits per heavy atom. The fraction of sp³-hybridized carbons (Fsp3) is 0.571. The van der Waals surface area contributed by atoms with Crippen LogP contribution in [0.5, 0.6) is 0 Å². The standard InChI is InChI=1S/C7H13/c1-3-5-7-6-4-2/h4,6H,1,3,5,7H2,2H3. The third kappa shape index (κ3) is 5.74. The van der Waals surface area contributed by atoms with Crippen LogP contribution in [-0.4, -0.2) is 0 Å². The van der Waals surface area contributed by atoms with Crippen molar-refractivity contribution in [3.05, 3.63) is 19.1 Å². The van der Waals surface area contributed by atoms with Gasteiger partial charge in [-0.2, -0.15) is 0 Å². The Kier molecular flexibility index (Phi) is 5.53. The first-order valence-corrected chi connectivity index (χ1v) is 2.82. The van der Waals surface area contributed by atoms with Gasteiger partial charge in [-0.1, -0.05) is 25.5 Å². The van der Waals surface area contributed by atoms with Crippen molar-refractivity contribution in [1.29, 1.82) is 0 Å². The van der Waals surface area contributed by atoms with Gasteiger partial charge in [0.1, 0.15) is 0 Å². The van der Waals surface area contributed by atoms with Gasteiger partial charge >= 0.3 is 0 Å². The Balaban J connectivity index is 2.69. The van der Waals surface area contributed by atoms with Crippen molar-refractivity contribution in [2.75, 3.05) is 0 Å². The molecule has 0 nitrogen and oxygen atoms in total. The van der Waals surface area contributed by atoms with Gasteiger partial charge in [-0.3, -0.25) is 0 Å². The summed E-state index contributed by atoms with van der Waals surface area (Å²) in [6.07, 6.45) is 7.73. The molecule has 0 rings (SSSR count). The molecule has 0 heteroatoms. The maximum atomic E-state index is 3.72. The van der Waals surface area contributed by atoms with Crippen LogP contribution in [0.2, 0.25) is 0 Å². The zero-order valence-electron chi connectivity index (χ0n) is 4.98. The van der Waals surface area contributed by atoms with Crippen LogP contribution in [0.15, 0.2) is 12.2 Å². The Bertz CT molecular complexity index is 44.0. The van der Waals surface area contributed by atoms with Crippen molar-refractivity contribution in [3.8, 4) is 0 Å². The quantitative estimate of drug-likeness (QED) is 0.375. The van der Waals surface area contributed by atoms with Crippen LogP contribution in [0.1, 0.15) is 26.2 Å². The molecule has 0 saturated heterocycles. The maximum absolute atomic E-state index is 3.72. The summed E-state index contributed by atoms with van der Waals surface area (Å²) in [4.78, 5) is 0. The summed E-state index contributed by atoms with van der Waals surface area (Å²) < 4.78 is 0. The lowest BCUT2D eigenvalue weighted by atomic mass is 10.2. The molecule has 41 valence electrons. The summed E-state index contributed by atoms with van der Waals surface area (Å²) in [7, 11) is 0. The predicted molar refractivity (Wildman–Crippen MR) is 34.0 cm³/mol. The van der Waals surface area contributed by atoms with Crippen LogP contribution in [0.25, 0.3) is 0 Å². The van der Waals surface area contributed by atoms with Gasteiger partial charge in [0.15, 0.2) is 0 Å². The number of hydrogen-bond acceptors (Lipinski definition) is 0. The van der Waals surface area contributed by atoms with Gasteiger partial charge in [0.05, 0.1) is 0 Å². The number of allylic oxidation sites excluding steroid dienone is 2. The molecule has 0 aliphatic heterocycles. The number of unbranched alkanes of at least 4 members (excludes halogenated alkanes) is 2. The van der Waals surface area contributed by atoms with Crippen LogP contribution >= 0.6 is 0 Å². The molecular weight excluding hydrogens is 84.1 g/mol. The van der Waals surface area contributed by atoms with E-state index in [1.165, 1.54) is 12.8 Å². The van der Waals surface area contributed by atoms with E-state index in [9.17, 15) is 0 Å². The van der Waals surface area contributed by atoms with Gasteiger partial charge < -0.3 is 0 Å². The van der Waals surface area contributed by atoms with Crippen molar-refractivity contribution < 1.29 is 0 Å². The zero-order valence-corrected chi connectivity index (χ0v) is 4.98. The second-order valence-electron chi connectivity index (χ2n) is 1.56. The first-order chi connectivity index (χ1) is 3.41. The fourth-order valence-corrected chi connectivity index (χ4v) is 0.429. The third-order valence-electron chi connectivity index (χ3n) is 0.856. The normalized spacial score (nSPS) is 10.6. The molecule has 0 atom stereocenters. The maximum Gasteiger partial charge on any atom is -0.0351 e. The van der Waals surface area contributed by atoms with Crippen LogP contribution in [-0.2, 0) is 0 Å². The molecule has 1 radical (unpaired) electrons. The van der Waals surface area contributed by atoms with E-state index in [0.717, 1.165) is 6.42 Å². The van der Waals surface area contributed by atoms with Crippen molar-refractivity contribution in [2.24, 2.45) is 0 Å². The summed E-state index contributed by atoms with van der Waals surface area (Å²) in [6, 6.07) is 0. The van der Waals surface area contributed by atoms with E-state index in [0.29, 0.717) is 0 Å². The highest BCUT2D eigenvalue weighted by molar-refractivity contribution is 4.76. The lowest BCUT2D eigenvalue weighted by Gasteiger charge is -1.83. The van der Waals surface area contributed by atoms with E-state index in [1.54, 1.807) is 0 Å². The summed E-state index contributed by atoms with van der Waals surface area (Å²) in [5.74, 6) is 0. The summed E-state index contributed by atoms with van der Waals surface area (Å²) in [6.45, 7) is 5.77. The van der Waals surface area contributed by atoms with Crippen LogP contribution in [0, 0.1) is 6.92 Å². The van der Waals surface area contributed by atoms with E-state index >= 15 is 0 Å². The molecule has 0 aromatic rings. The zero-order chi connectivity index (χ0) is 5.54. The highest BCUT2D eigenvalue weighted by Gasteiger charge is 1.73. The monoisotopic (exact) mass is 97.1 g/mol. The molecule has 0 saturated carbocycles. The number of hydrogen-bond donors (Lipinski definition) is 0. The average Bonchev–Trinajstić information content (AvgIpc) is 1.69. The van der Waals surface area contributed by atoms with Crippen molar-refractivity contribution in [3.63, 3.8) is 0 Å². The first kappa shape index (κ1) is 6.74. The lowest BCUT2D eigenvalue weighted by Crippen LogP contribution is -1.64. The SMILES string of the molecule is [CH2]CCCC=CC.